The van der Waals surface area contributed by atoms with Gasteiger partial charge < -0.3 is 5.32 Å². The van der Waals surface area contributed by atoms with Crippen LogP contribution in [0.3, 0.4) is 0 Å². The van der Waals surface area contributed by atoms with E-state index in [2.05, 4.69) is 26.1 Å². The zero-order chi connectivity index (χ0) is 15.3. The lowest BCUT2D eigenvalue weighted by Crippen LogP contribution is -2.22. The van der Waals surface area contributed by atoms with Gasteiger partial charge in [0.2, 0.25) is 0 Å². The number of halogens is 1. The van der Waals surface area contributed by atoms with Gasteiger partial charge in [-0.05, 0) is 57.9 Å². The first-order valence-electron chi connectivity index (χ1n) is 7.29. The first-order valence-corrected chi connectivity index (χ1v) is 10.2. The first-order chi connectivity index (χ1) is 9.37. The molecule has 1 aromatic carbocycles. The summed E-state index contributed by atoms with van der Waals surface area (Å²) < 4.78 is 0. The highest BCUT2D eigenvalue weighted by atomic mass is 35.5. The van der Waals surface area contributed by atoms with Crippen LogP contribution in [0.15, 0.2) is 12.1 Å². The molecule has 0 aliphatic carbocycles. The SMILES string of the molecule is CC[P+](CC)(CC)CC(=O)Nc1c(C)cc(Cl)cc1C. The molecule has 0 saturated heterocycles. The van der Waals surface area contributed by atoms with Crippen molar-refractivity contribution in [2.75, 3.05) is 30.0 Å². The Morgan fingerprint density at radius 1 is 1.10 bits per heavy atom. The average molecular weight is 315 g/mol. The third-order valence-corrected chi connectivity index (χ3v) is 9.45. The number of rotatable bonds is 6. The summed E-state index contributed by atoms with van der Waals surface area (Å²) in [6.45, 7) is 10.6. The molecule has 1 aromatic rings. The summed E-state index contributed by atoms with van der Waals surface area (Å²) in [5.41, 5.74) is 2.97. The molecule has 0 atom stereocenters. The highest BCUT2D eigenvalue weighted by Crippen LogP contribution is 2.57. The number of carbonyl (C=O) groups is 1. The van der Waals surface area contributed by atoms with E-state index in [-0.39, 0.29) is 5.91 Å². The molecule has 0 aliphatic rings. The minimum absolute atomic E-state index is 0.150. The van der Waals surface area contributed by atoms with Crippen LogP contribution < -0.4 is 5.32 Å². The monoisotopic (exact) mass is 314 g/mol. The molecule has 20 heavy (non-hydrogen) atoms. The van der Waals surface area contributed by atoms with Gasteiger partial charge >= 0.3 is 0 Å². The fourth-order valence-corrected chi connectivity index (χ4v) is 5.63. The molecule has 0 aromatic heterocycles. The van der Waals surface area contributed by atoms with Crippen LogP contribution >= 0.6 is 18.9 Å². The largest absolute Gasteiger partial charge is 0.322 e. The minimum atomic E-state index is -1.11. The van der Waals surface area contributed by atoms with Crippen LogP contribution in [-0.2, 0) is 4.79 Å². The van der Waals surface area contributed by atoms with Crippen LogP contribution in [0.25, 0.3) is 0 Å². The minimum Gasteiger partial charge on any atom is -0.322 e. The summed E-state index contributed by atoms with van der Waals surface area (Å²) in [5, 5.41) is 3.81. The lowest BCUT2D eigenvalue weighted by Gasteiger charge is -2.23. The second-order valence-electron chi connectivity index (χ2n) is 5.41. The van der Waals surface area contributed by atoms with E-state index in [0.29, 0.717) is 6.16 Å². The molecule has 0 radical (unpaired) electrons. The number of anilines is 1. The molecule has 0 spiro atoms. The van der Waals surface area contributed by atoms with Crippen LogP contribution in [0.1, 0.15) is 31.9 Å². The van der Waals surface area contributed by atoms with Crippen LogP contribution in [0.2, 0.25) is 5.02 Å². The predicted molar refractivity (Wildman–Crippen MR) is 93.0 cm³/mol. The second-order valence-corrected chi connectivity index (χ2v) is 10.7. The Hall–Kier alpha value is -0.590. The fourth-order valence-electron chi connectivity index (χ4n) is 2.60. The first kappa shape index (κ1) is 17.5. The van der Waals surface area contributed by atoms with Gasteiger partial charge in [0.25, 0.3) is 5.91 Å². The lowest BCUT2D eigenvalue weighted by atomic mass is 10.1. The normalized spacial score (nSPS) is 11.5. The molecular formula is C16H26ClNOP+. The maximum Gasteiger partial charge on any atom is 0.261 e. The molecule has 0 fully saturated rings. The maximum atomic E-state index is 12.4. The van der Waals surface area contributed by atoms with E-state index in [1.165, 1.54) is 0 Å². The van der Waals surface area contributed by atoms with Crippen molar-refractivity contribution in [3.63, 3.8) is 0 Å². The van der Waals surface area contributed by atoms with E-state index in [1.807, 2.05) is 26.0 Å². The van der Waals surface area contributed by atoms with Crippen molar-refractivity contribution < 1.29 is 4.79 Å². The molecule has 0 unspecified atom stereocenters. The van der Waals surface area contributed by atoms with E-state index in [0.717, 1.165) is 40.3 Å². The summed E-state index contributed by atoms with van der Waals surface area (Å²) in [7, 11) is -1.11. The maximum absolute atomic E-state index is 12.4. The zero-order valence-electron chi connectivity index (χ0n) is 13.2. The molecule has 0 heterocycles. The van der Waals surface area contributed by atoms with E-state index in [1.54, 1.807) is 0 Å². The Balaban J connectivity index is 2.87. The third-order valence-electron chi connectivity index (χ3n) is 4.25. The lowest BCUT2D eigenvalue weighted by molar-refractivity contribution is -0.113. The smallest absolute Gasteiger partial charge is 0.261 e. The van der Waals surface area contributed by atoms with Gasteiger partial charge in [-0.3, -0.25) is 4.79 Å². The Bertz CT molecular complexity index is 452. The Morgan fingerprint density at radius 3 is 1.95 bits per heavy atom. The topological polar surface area (TPSA) is 29.1 Å². The Labute approximate surface area is 128 Å². The standard InChI is InChI=1S/C16H25ClNOP/c1-6-20(7-2,8-3)11-15(19)18-16-12(4)9-14(17)10-13(16)5/h9-10H,6-8,11H2,1-5H3/p+1. The fraction of sp³-hybridized carbons (Fsp3) is 0.562. The number of amides is 1. The molecule has 1 rings (SSSR count). The quantitative estimate of drug-likeness (QED) is 0.738. The van der Waals surface area contributed by atoms with Gasteiger partial charge in [-0.2, -0.15) is 0 Å². The summed E-state index contributed by atoms with van der Waals surface area (Å²) in [6.07, 6.45) is 4.13. The molecule has 4 heteroatoms. The van der Waals surface area contributed by atoms with Gasteiger partial charge in [-0.15, -0.1) is 0 Å². The molecule has 2 nitrogen and oxygen atoms in total. The van der Waals surface area contributed by atoms with Gasteiger partial charge in [0.15, 0.2) is 0 Å². The molecule has 112 valence electrons. The van der Waals surface area contributed by atoms with Crippen LogP contribution in [0, 0.1) is 13.8 Å². The number of benzene rings is 1. The second kappa shape index (κ2) is 7.43. The van der Waals surface area contributed by atoms with Crippen LogP contribution in [0.5, 0.6) is 0 Å². The van der Waals surface area contributed by atoms with E-state index >= 15 is 0 Å². The number of hydrogen-bond donors (Lipinski definition) is 1. The third kappa shape index (κ3) is 4.20. The Kier molecular flexibility index (Phi) is 6.48. The molecule has 0 bridgehead atoms. The van der Waals surface area contributed by atoms with E-state index < -0.39 is 7.26 Å². The zero-order valence-corrected chi connectivity index (χ0v) is 14.9. The molecule has 1 amide bonds. The number of aryl methyl sites for hydroxylation is 2. The van der Waals surface area contributed by atoms with Gasteiger partial charge in [0.1, 0.15) is 6.16 Å². The number of carbonyl (C=O) groups excluding carboxylic acids is 1. The van der Waals surface area contributed by atoms with E-state index in [4.69, 9.17) is 11.6 Å². The Morgan fingerprint density at radius 2 is 1.55 bits per heavy atom. The number of hydrogen-bond acceptors (Lipinski definition) is 1. The summed E-state index contributed by atoms with van der Waals surface area (Å²) in [6, 6.07) is 3.79. The van der Waals surface area contributed by atoms with Crippen LogP contribution in [0.4, 0.5) is 5.69 Å². The van der Waals surface area contributed by atoms with E-state index in [9.17, 15) is 4.79 Å². The van der Waals surface area contributed by atoms with Gasteiger partial charge in [0.05, 0.1) is 18.5 Å². The molecule has 1 N–H and O–H groups in total. The highest BCUT2D eigenvalue weighted by Gasteiger charge is 2.34. The van der Waals surface area contributed by atoms with Gasteiger partial charge in [0, 0.05) is 18.0 Å². The van der Waals surface area contributed by atoms with Crippen LogP contribution in [-0.4, -0.2) is 30.6 Å². The van der Waals surface area contributed by atoms with Crippen molar-refractivity contribution in [2.24, 2.45) is 0 Å². The number of nitrogens with one attached hydrogen (secondary N) is 1. The van der Waals surface area contributed by atoms with Crippen molar-refractivity contribution in [2.45, 2.75) is 34.6 Å². The average Bonchev–Trinajstić information content (AvgIpc) is 2.40. The van der Waals surface area contributed by atoms with Crippen molar-refractivity contribution >= 4 is 30.5 Å². The summed E-state index contributed by atoms with van der Waals surface area (Å²) in [5.74, 6) is 0.150. The summed E-state index contributed by atoms with van der Waals surface area (Å²) >= 11 is 6.03. The molecule has 0 aliphatic heterocycles. The van der Waals surface area contributed by atoms with Crippen molar-refractivity contribution in [1.29, 1.82) is 0 Å². The van der Waals surface area contributed by atoms with Crippen molar-refractivity contribution in [1.82, 2.24) is 0 Å². The molecule has 0 saturated carbocycles. The van der Waals surface area contributed by atoms with Gasteiger partial charge in [-0.1, -0.05) is 11.6 Å². The van der Waals surface area contributed by atoms with Crippen molar-refractivity contribution in [3.8, 4) is 0 Å². The van der Waals surface area contributed by atoms with Gasteiger partial charge in [-0.25, -0.2) is 0 Å². The molecular weight excluding hydrogens is 289 g/mol. The highest BCUT2D eigenvalue weighted by molar-refractivity contribution is 7.76. The van der Waals surface area contributed by atoms with Crippen molar-refractivity contribution in [3.05, 3.63) is 28.3 Å². The summed E-state index contributed by atoms with van der Waals surface area (Å²) in [4.78, 5) is 12.4. The predicted octanol–water partition coefficient (Wildman–Crippen LogP) is 4.97.